The van der Waals surface area contributed by atoms with Crippen LogP contribution in [-0.2, 0) is 7.05 Å². The largest absolute Gasteiger partial charge is 0.497 e. The average Bonchev–Trinajstić information content (AvgIpc) is 3.38. The van der Waals surface area contributed by atoms with E-state index >= 15 is 0 Å². The summed E-state index contributed by atoms with van der Waals surface area (Å²) < 4.78 is 18.5. The molecule has 0 bridgehead atoms. The average molecular weight is 497 g/mol. The number of aryl methyl sites for hydroxylation is 1. The molecule has 5 aromatic rings. The number of aromatic nitrogens is 5. The fraction of sp³-hybridized carbons (Fsp3) is 0.214. The van der Waals surface area contributed by atoms with Crippen LogP contribution in [-0.4, -0.2) is 46.1 Å². The van der Waals surface area contributed by atoms with Crippen molar-refractivity contribution in [2.45, 2.75) is 13.0 Å². The number of benzene rings is 2. The van der Waals surface area contributed by atoms with E-state index < -0.39 is 0 Å². The molecule has 0 aliphatic carbocycles. The molecule has 0 saturated carbocycles. The number of methoxy groups -OCH3 is 3. The summed E-state index contributed by atoms with van der Waals surface area (Å²) >= 11 is 0. The van der Waals surface area contributed by atoms with Crippen molar-refractivity contribution in [3.63, 3.8) is 0 Å². The first kappa shape index (κ1) is 24.1. The van der Waals surface area contributed by atoms with Crippen LogP contribution in [0.4, 0.5) is 11.4 Å². The Morgan fingerprint density at radius 1 is 0.838 bits per heavy atom. The van der Waals surface area contributed by atoms with E-state index in [9.17, 15) is 0 Å². The van der Waals surface area contributed by atoms with E-state index in [4.69, 9.17) is 19.2 Å². The molecule has 3 heterocycles. The van der Waals surface area contributed by atoms with Crippen molar-refractivity contribution in [3.8, 4) is 28.5 Å². The Labute approximate surface area is 215 Å². The summed E-state index contributed by atoms with van der Waals surface area (Å²) in [5, 5.41) is 4.26. The van der Waals surface area contributed by atoms with Crippen molar-refractivity contribution in [2.24, 2.45) is 7.05 Å². The van der Waals surface area contributed by atoms with Crippen molar-refractivity contribution in [3.05, 3.63) is 79.0 Å². The van der Waals surface area contributed by atoms with Crippen LogP contribution in [0.2, 0.25) is 0 Å². The molecule has 0 fully saturated rings. The lowest BCUT2D eigenvalue weighted by Crippen LogP contribution is -2.23. The molecule has 0 spiro atoms. The van der Waals surface area contributed by atoms with E-state index in [2.05, 4.69) is 26.9 Å². The Bertz CT molecular complexity index is 1530. The molecule has 5 rings (SSSR count). The smallest absolute Gasteiger partial charge is 0.142 e. The van der Waals surface area contributed by atoms with Gasteiger partial charge in [-0.1, -0.05) is 0 Å². The van der Waals surface area contributed by atoms with Crippen molar-refractivity contribution >= 4 is 22.4 Å². The first-order valence-electron chi connectivity index (χ1n) is 11.8. The van der Waals surface area contributed by atoms with Gasteiger partial charge >= 0.3 is 0 Å². The van der Waals surface area contributed by atoms with Crippen molar-refractivity contribution in [1.82, 2.24) is 24.7 Å². The molecular formula is C28H28N6O3. The number of pyridine rings is 1. The minimum absolute atomic E-state index is 0.208. The van der Waals surface area contributed by atoms with Gasteiger partial charge in [-0.2, -0.15) is 5.10 Å². The molecule has 1 atom stereocenters. The van der Waals surface area contributed by atoms with Gasteiger partial charge in [-0.25, -0.2) is 4.98 Å². The van der Waals surface area contributed by atoms with Gasteiger partial charge in [0.1, 0.15) is 22.9 Å². The molecule has 0 N–H and O–H groups in total. The summed E-state index contributed by atoms with van der Waals surface area (Å²) in [6.45, 7) is 2.08. The summed E-state index contributed by atoms with van der Waals surface area (Å²) in [5.41, 5.74) is 5.78. The molecule has 37 heavy (non-hydrogen) atoms. The molecule has 0 amide bonds. The zero-order chi connectivity index (χ0) is 25.9. The molecule has 0 unspecified atom stereocenters. The highest BCUT2D eigenvalue weighted by atomic mass is 16.5. The number of rotatable bonds is 8. The Morgan fingerprint density at radius 3 is 2.30 bits per heavy atom. The predicted octanol–water partition coefficient (Wildman–Crippen LogP) is 5.35. The lowest BCUT2D eigenvalue weighted by molar-refractivity contribution is 0.394. The zero-order valence-corrected chi connectivity index (χ0v) is 21.4. The van der Waals surface area contributed by atoms with Crippen LogP contribution in [0.15, 0.2) is 73.3 Å². The van der Waals surface area contributed by atoms with E-state index in [1.807, 2.05) is 61.8 Å². The number of hydrogen-bond acceptors (Lipinski definition) is 8. The number of ether oxygens (including phenoxy) is 3. The van der Waals surface area contributed by atoms with Gasteiger partial charge in [0.05, 0.1) is 56.5 Å². The number of anilines is 2. The maximum atomic E-state index is 5.65. The summed E-state index contributed by atoms with van der Waals surface area (Å²) in [4.78, 5) is 16.4. The SMILES string of the molecule is COc1cc(OC)cc(N(c2ccc3ncc(-c4cnn(C)c4)nc3c2)[C@H](C)c2ncccc2OC)c1. The predicted molar refractivity (Wildman–Crippen MR) is 143 cm³/mol. The molecule has 9 heteroatoms. The molecular weight excluding hydrogens is 468 g/mol. The van der Waals surface area contributed by atoms with Gasteiger partial charge in [0.25, 0.3) is 0 Å². The zero-order valence-electron chi connectivity index (χ0n) is 21.4. The Morgan fingerprint density at radius 2 is 1.62 bits per heavy atom. The number of nitrogens with zero attached hydrogens (tertiary/aromatic N) is 6. The maximum Gasteiger partial charge on any atom is 0.142 e. The van der Waals surface area contributed by atoms with Crippen molar-refractivity contribution in [2.75, 3.05) is 26.2 Å². The normalized spacial score (nSPS) is 11.8. The fourth-order valence-electron chi connectivity index (χ4n) is 4.38. The monoisotopic (exact) mass is 496 g/mol. The molecule has 2 aromatic carbocycles. The quantitative estimate of drug-likeness (QED) is 0.284. The minimum atomic E-state index is -0.208. The molecule has 0 aliphatic rings. The van der Waals surface area contributed by atoms with Crippen LogP contribution in [0.3, 0.4) is 0 Å². The Hall–Kier alpha value is -4.66. The third-order valence-electron chi connectivity index (χ3n) is 6.22. The van der Waals surface area contributed by atoms with E-state index in [1.54, 1.807) is 44.6 Å². The van der Waals surface area contributed by atoms with Gasteiger partial charge in [-0.15, -0.1) is 0 Å². The van der Waals surface area contributed by atoms with Gasteiger partial charge in [0, 0.05) is 54.6 Å². The van der Waals surface area contributed by atoms with Crippen LogP contribution >= 0.6 is 0 Å². The van der Waals surface area contributed by atoms with Crippen molar-refractivity contribution < 1.29 is 14.2 Å². The minimum Gasteiger partial charge on any atom is -0.497 e. The van der Waals surface area contributed by atoms with Gasteiger partial charge in [-0.3, -0.25) is 14.6 Å². The van der Waals surface area contributed by atoms with Crippen LogP contribution in [0.1, 0.15) is 18.7 Å². The lowest BCUT2D eigenvalue weighted by atomic mass is 10.1. The third-order valence-corrected chi connectivity index (χ3v) is 6.22. The van der Waals surface area contributed by atoms with Crippen LogP contribution in [0.25, 0.3) is 22.3 Å². The van der Waals surface area contributed by atoms with Gasteiger partial charge in [0.15, 0.2) is 0 Å². The summed E-state index contributed by atoms with van der Waals surface area (Å²) in [5.74, 6) is 2.06. The highest BCUT2D eigenvalue weighted by Crippen LogP contribution is 2.41. The molecule has 188 valence electrons. The molecule has 9 nitrogen and oxygen atoms in total. The summed E-state index contributed by atoms with van der Waals surface area (Å²) in [6, 6.07) is 15.4. The standard InChI is InChI=1S/C28H28N6O3/c1-18(28-27(37-5)7-6-10-29-28)34(21-11-22(35-3)14-23(12-21)36-4)20-8-9-24-25(13-20)32-26(16-30-24)19-15-31-33(2)17-19/h6-18H,1-5H3/t18-/m1/s1. The van der Waals surface area contributed by atoms with Crippen LogP contribution < -0.4 is 19.1 Å². The van der Waals surface area contributed by atoms with E-state index in [1.165, 1.54) is 0 Å². The van der Waals surface area contributed by atoms with E-state index in [0.717, 1.165) is 39.4 Å². The topological polar surface area (TPSA) is 87.4 Å². The van der Waals surface area contributed by atoms with Crippen LogP contribution in [0, 0.1) is 0 Å². The third kappa shape index (κ3) is 4.75. The summed E-state index contributed by atoms with van der Waals surface area (Å²) in [7, 11) is 6.81. The Kier molecular flexibility index (Phi) is 6.59. The molecule has 0 aliphatic heterocycles. The second-order valence-electron chi connectivity index (χ2n) is 8.54. The number of hydrogen-bond donors (Lipinski definition) is 0. The number of fused-ring (bicyclic) bond motifs is 1. The van der Waals surface area contributed by atoms with Gasteiger partial charge in [-0.05, 0) is 37.3 Å². The lowest BCUT2D eigenvalue weighted by Gasteiger charge is -2.32. The highest BCUT2D eigenvalue weighted by molar-refractivity contribution is 5.83. The highest BCUT2D eigenvalue weighted by Gasteiger charge is 2.24. The first-order chi connectivity index (χ1) is 18.0. The Balaban J connectivity index is 1.68. The van der Waals surface area contributed by atoms with Crippen molar-refractivity contribution in [1.29, 1.82) is 0 Å². The molecule has 0 radical (unpaired) electrons. The molecule has 3 aromatic heterocycles. The second-order valence-corrected chi connectivity index (χ2v) is 8.54. The van der Waals surface area contributed by atoms with Crippen LogP contribution in [0.5, 0.6) is 17.2 Å². The van der Waals surface area contributed by atoms with Gasteiger partial charge < -0.3 is 19.1 Å². The summed E-state index contributed by atoms with van der Waals surface area (Å²) in [6.07, 6.45) is 7.24. The maximum absolute atomic E-state index is 5.65. The van der Waals surface area contributed by atoms with E-state index in [-0.39, 0.29) is 6.04 Å². The first-order valence-corrected chi connectivity index (χ1v) is 11.8. The van der Waals surface area contributed by atoms with E-state index in [0.29, 0.717) is 17.2 Å². The second kappa shape index (κ2) is 10.1. The fourth-order valence-corrected chi connectivity index (χ4v) is 4.38. The van der Waals surface area contributed by atoms with Gasteiger partial charge in [0.2, 0.25) is 0 Å². The molecule has 0 saturated heterocycles.